The van der Waals surface area contributed by atoms with Crippen molar-refractivity contribution in [3.8, 4) is 5.75 Å². The van der Waals surface area contributed by atoms with Gasteiger partial charge in [0.1, 0.15) is 5.75 Å². The van der Waals surface area contributed by atoms with Crippen molar-refractivity contribution in [2.24, 2.45) is 0 Å². The van der Waals surface area contributed by atoms with E-state index in [-0.39, 0.29) is 11.4 Å². The third-order valence-corrected chi connectivity index (χ3v) is 4.81. The summed E-state index contributed by atoms with van der Waals surface area (Å²) in [5.41, 5.74) is 0.577. The van der Waals surface area contributed by atoms with Crippen LogP contribution in [0.15, 0.2) is 57.9 Å². The molecule has 0 aromatic heterocycles. The first-order chi connectivity index (χ1) is 10.9. The summed E-state index contributed by atoms with van der Waals surface area (Å²) >= 11 is 3.29. The van der Waals surface area contributed by atoms with E-state index in [0.717, 1.165) is 4.47 Å². The molecule has 2 aromatic carbocycles. The minimum Gasteiger partial charge on any atom is -0.497 e. The fourth-order valence-corrected chi connectivity index (χ4v) is 3.15. The summed E-state index contributed by atoms with van der Waals surface area (Å²) in [6, 6.07) is 12.9. The second kappa shape index (κ2) is 7.58. The van der Waals surface area contributed by atoms with E-state index in [4.69, 9.17) is 4.74 Å². The normalized spacial score (nSPS) is 11.0. The van der Waals surface area contributed by atoms with E-state index in [2.05, 4.69) is 26.0 Å². The van der Waals surface area contributed by atoms with Crippen LogP contribution < -0.4 is 14.8 Å². The highest BCUT2D eigenvalue weighted by molar-refractivity contribution is 9.10. The van der Waals surface area contributed by atoms with Crippen molar-refractivity contribution < 1.29 is 17.9 Å². The Morgan fingerprint density at radius 3 is 2.48 bits per heavy atom. The first-order valence-electron chi connectivity index (χ1n) is 6.60. The van der Waals surface area contributed by atoms with Gasteiger partial charge in [0.25, 0.3) is 0 Å². The monoisotopic (exact) mass is 398 g/mol. The van der Waals surface area contributed by atoms with E-state index >= 15 is 0 Å². The molecule has 0 aliphatic rings. The molecule has 0 radical (unpaired) electrons. The van der Waals surface area contributed by atoms with Gasteiger partial charge in [-0.15, -0.1) is 0 Å². The molecule has 0 heterocycles. The first kappa shape index (κ1) is 17.5. The zero-order valence-corrected chi connectivity index (χ0v) is 14.6. The summed E-state index contributed by atoms with van der Waals surface area (Å²) < 4.78 is 32.2. The molecule has 2 aromatic rings. The van der Waals surface area contributed by atoms with Crippen molar-refractivity contribution in [2.45, 2.75) is 4.90 Å². The maximum atomic E-state index is 12.1. The molecule has 6 nitrogen and oxygen atoms in total. The predicted octanol–water partition coefficient (Wildman–Crippen LogP) is 2.37. The van der Waals surface area contributed by atoms with E-state index in [1.165, 1.54) is 31.4 Å². The number of rotatable bonds is 6. The van der Waals surface area contributed by atoms with Crippen LogP contribution in [0, 0.1) is 0 Å². The van der Waals surface area contributed by atoms with Gasteiger partial charge in [0, 0.05) is 10.2 Å². The summed E-state index contributed by atoms with van der Waals surface area (Å²) in [4.78, 5) is 11.9. The maximum absolute atomic E-state index is 12.1. The molecule has 8 heteroatoms. The minimum atomic E-state index is -3.76. The topological polar surface area (TPSA) is 84.5 Å². The molecule has 1 amide bonds. The molecule has 23 heavy (non-hydrogen) atoms. The molecule has 0 aliphatic heterocycles. The summed E-state index contributed by atoms with van der Waals surface area (Å²) in [6.45, 7) is -0.360. The van der Waals surface area contributed by atoms with Crippen LogP contribution in [0.5, 0.6) is 5.75 Å². The SMILES string of the molecule is COc1ccc(S(=O)(=O)NCC(=O)Nc2cccc(Br)c2)cc1. The Hall–Kier alpha value is -1.90. The number of carbonyl (C=O) groups is 1. The molecular weight excluding hydrogens is 384 g/mol. The van der Waals surface area contributed by atoms with Gasteiger partial charge in [-0.05, 0) is 42.5 Å². The second-order valence-electron chi connectivity index (χ2n) is 4.56. The number of hydrogen-bond acceptors (Lipinski definition) is 4. The van der Waals surface area contributed by atoms with Crippen molar-refractivity contribution >= 4 is 37.5 Å². The van der Waals surface area contributed by atoms with Gasteiger partial charge in [0.2, 0.25) is 15.9 Å². The zero-order valence-electron chi connectivity index (χ0n) is 12.2. The number of halogens is 1. The molecule has 0 aliphatic carbocycles. The van der Waals surface area contributed by atoms with Gasteiger partial charge < -0.3 is 10.1 Å². The van der Waals surface area contributed by atoms with Crippen molar-refractivity contribution in [2.75, 3.05) is 19.0 Å². The van der Waals surface area contributed by atoms with Gasteiger partial charge in [0.05, 0.1) is 18.6 Å². The molecule has 2 rings (SSSR count). The van der Waals surface area contributed by atoms with Gasteiger partial charge in [-0.25, -0.2) is 13.1 Å². The van der Waals surface area contributed by atoms with Crippen LogP contribution in [0.1, 0.15) is 0 Å². The lowest BCUT2D eigenvalue weighted by Gasteiger charge is -2.08. The van der Waals surface area contributed by atoms with Gasteiger partial charge >= 0.3 is 0 Å². The van der Waals surface area contributed by atoms with Gasteiger partial charge in [-0.2, -0.15) is 0 Å². The Kier molecular flexibility index (Phi) is 5.75. The Balaban J connectivity index is 1.96. The Morgan fingerprint density at radius 2 is 1.87 bits per heavy atom. The average Bonchev–Trinajstić information content (AvgIpc) is 2.53. The Morgan fingerprint density at radius 1 is 1.17 bits per heavy atom. The number of carbonyl (C=O) groups excluding carboxylic acids is 1. The summed E-state index contributed by atoms with van der Waals surface area (Å²) in [5, 5.41) is 2.61. The first-order valence-corrected chi connectivity index (χ1v) is 8.87. The number of sulfonamides is 1. The molecule has 0 spiro atoms. The van der Waals surface area contributed by atoms with Crippen LogP contribution in [-0.4, -0.2) is 28.0 Å². The van der Waals surface area contributed by atoms with Gasteiger partial charge in [-0.3, -0.25) is 4.79 Å². The van der Waals surface area contributed by atoms with Crippen LogP contribution in [0.2, 0.25) is 0 Å². The van der Waals surface area contributed by atoms with Crippen molar-refractivity contribution in [3.63, 3.8) is 0 Å². The number of hydrogen-bond donors (Lipinski definition) is 2. The highest BCUT2D eigenvalue weighted by Crippen LogP contribution is 2.16. The molecule has 0 atom stereocenters. The number of ether oxygens (including phenoxy) is 1. The van der Waals surface area contributed by atoms with Crippen molar-refractivity contribution in [3.05, 3.63) is 53.0 Å². The number of anilines is 1. The second-order valence-corrected chi connectivity index (χ2v) is 7.24. The van der Waals surface area contributed by atoms with E-state index in [9.17, 15) is 13.2 Å². The summed E-state index contributed by atoms with van der Waals surface area (Å²) in [6.07, 6.45) is 0. The van der Waals surface area contributed by atoms with E-state index in [0.29, 0.717) is 11.4 Å². The predicted molar refractivity (Wildman–Crippen MR) is 91.0 cm³/mol. The van der Waals surface area contributed by atoms with Crippen LogP contribution >= 0.6 is 15.9 Å². The lowest BCUT2D eigenvalue weighted by atomic mass is 10.3. The Bertz CT molecular complexity index is 791. The highest BCUT2D eigenvalue weighted by atomic mass is 79.9. The number of benzene rings is 2. The molecule has 0 unspecified atom stereocenters. The zero-order chi connectivity index (χ0) is 16.9. The fourth-order valence-electron chi connectivity index (χ4n) is 1.77. The van der Waals surface area contributed by atoms with Crippen molar-refractivity contribution in [1.29, 1.82) is 0 Å². The van der Waals surface area contributed by atoms with E-state index in [1.54, 1.807) is 18.2 Å². The average molecular weight is 399 g/mol. The fraction of sp³-hybridized carbons (Fsp3) is 0.133. The molecule has 0 fully saturated rings. The summed E-state index contributed by atoms with van der Waals surface area (Å²) in [7, 11) is -2.26. The highest BCUT2D eigenvalue weighted by Gasteiger charge is 2.15. The minimum absolute atomic E-state index is 0.0635. The molecule has 0 bridgehead atoms. The molecule has 2 N–H and O–H groups in total. The smallest absolute Gasteiger partial charge is 0.241 e. The molecule has 0 saturated heterocycles. The number of amides is 1. The van der Waals surface area contributed by atoms with Crippen LogP contribution in [0.3, 0.4) is 0 Å². The molecular formula is C15H15BrN2O4S. The lowest BCUT2D eigenvalue weighted by molar-refractivity contribution is -0.115. The van der Waals surface area contributed by atoms with Gasteiger partial charge in [0.15, 0.2) is 0 Å². The summed E-state index contributed by atoms with van der Waals surface area (Å²) in [5.74, 6) is 0.0940. The quantitative estimate of drug-likeness (QED) is 0.781. The van der Waals surface area contributed by atoms with Crippen LogP contribution in [0.4, 0.5) is 5.69 Å². The lowest BCUT2D eigenvalue weighted by Crippen LogP contribution is -2.32. The maximum Gasteiger partial charge on any atom is 0.241 e. The number of nitrogens with one attached hydrogen (secondary N) is 2. The van der Waals surface area contributed by atoms with Crippen LogP contribution in [0.25, 0.3) is 0 Å². The molecule has 0 saturated carbocycles. The standard InChI is InChI=1S/C15H15BrN2O4S/c1-22-13-5-7-14(8-6-13)23(20,21)17-10-15(19)18-12-4-2-3-11(16)9-12/h2-9,17H,10H2,1H3,(H,18,19). The largest absolute Gasteiger partial charge is 0.497 e. The third kappa shape index (κ3) is 5.05. The Labute approximate surface area is 143 Å². The van der Waals surface area contributed by atoms with Gasteiger partial charge in [-0.1, -0.05) is 22.0 Å². The van der Waals surface area contributed by atoms with E-state index < -0.39 is 15.9 Å². The van der Waals surface area contributed by atoms with Crippen LogP contribution in [-0.2, 0) is 14.8 Å². The van der Waals surface area contributed by atoms with E-state index in [1.807, 2.05) is 6.07 Å². The molecule has 122 valence electrons. The number of methoxy groups -OCH3 is 1. The third-order valence-electron chi connectivity index (χ3n) is 2.90. The van der Waals surface area contributed by atoms with Crippen molar-refractivity contribution in [1.82, 2.24) is 4.72 Å².